The van der Waals surface area contributed by atoms with Crippen molar-refractivity contribution in [1.29, 1.82) is 0 Å². The number of amides is 2. The number of aliphatic hydroxyl groups is 1. The van der Waals surface area contributed by atoms with Crippen molar-refractivity contribution in [2.75, 3.05) is 32.7 Å². The van der Waals surface area contributed by atoms with Crippen molar-refractivity contribution in [1.82, 2.24) is 25.4 Å². The number of likely N-dealkylation sites (tertiary alicyclic amines) is 2. The predicted octanol–water partition coefficient (Wildman–Crippen LogP) is 3.06. The summed E-state index contributed by atoms with van der Waals surface area (Å²) < 4.78 is 0. The topological polar surface area (TPSA) is 135 Å². The van der Waals surface area contributed by atoms with Crippen molar-refractivity contribution < 1.29 is 24.6 Å². The van der Waals surface area contributed by atoms with Gasteiger partial charge in [0.05, 0.1) is 40.8 Å². The number of hydrogen-bond acceptors (Lipinski definition) is 8. The Hall–Kier alpha value is -2.86. The van der Waals surface area contributed by atoms with Crippen LogP contribution in [0.2, 0.25) is 0 Å². The maximum absolute atomic E-state index is 13.9. The molecule has 42 heavy (non-hydrogen) atoms. The Morgan fingerprint density at radius 1 is 1.14 bits per heavy atom. The van der Waals surface area contributed by atoms with Crippen LogP contribution in [0.15, 0.2) is 29.8 Å². The fraction of sp³-hybridized carbons (Fsp3) is 0.613. The highest BCUT2D eigenvalue weighted by Crippen LogP contribution is 2.30. The van der Waals surface area contributed by atoms with Crippen molar-refractivity contribution >= 4 is 29.1 Å². The first-order valence-electron chi connectivity index (χ1n) is 14.8. The van der Waals surface area contributed by atoms with Gasteiger partial charge in [-0.15, -0.1) is 11.3 Å². The second-order valence-corrected chi connectivity index (χ2v) is 13.7. The molecule has 1 aromatic heterocycles. The quantitative estimate of drug-likeness (QED) is 0.327. The normalized spacial score (nSPS) is 21.7. The van der Waals surface area contributed by atoms with Crippen LogP contribution in [0.1, 0.15) is 64.3 Å². The molecule has 0 spiro atoms. The van der Waals surface area contributed by atoms with E-state index in [0.717, 1.165) is 47.6 Å². The summed E-state index contributed by atoms with van der Waals surface area (Å²) in [7, 11) is 0. The van der Waals surface area contributed by atoms with E-state index in [2.05, 4.69) is 15.6 Å². The number of hydrogen-bond donors (Lipinski definition) is 4. The molecule has 1 aromatic carbocycles. The molecule has 2 aliphatic heterocycles. The lowest BCUT2D eigenvalue weighted by atomic mass is 9.84. The molecule has 2 amide bonds. The van der Waals surface area contributed by atoms with Gasteiger partial charge >= 0.3 is 5.97 Å². The number of carboxylic acids is 1. The molecule has 2 saturated heterocycles. The van der Waals surface area contributed by atoms with E-state index < -0.39 is 29.6 Å². The van der Waals surface area contributed by atoms with Crippen LogP contribution in [-0.2, 0) is 14.4 Å². The monoisotopic (exact) mass is 599 g/mol. The smallest absolute Gasteiger partial charge is 0.317 e. The number of β-amino-alcohol motifs (C(OH)–C–C–N with tert-alkyl or cyclic N) is 1. The third-order valence-corrected chi connectivity index (χ3v) is 9.41. The summed E-state index contributed by atoms with van der Waals surface area (Å²) in [6.45, 7) is 12.2. The van der Waals surface area contributed by atoms with Gasteiger partial charge in [-0.3, -0.25) is 19.3 Å². The largest absolute Gasteiger partial charge is 0.480 e. The second-order valence-electron chi connectivity index (χ2n) is 12.8. The van der Waals surface area contributed by atoms with Gasteiger partial charge in [-0.2, -0.15) is 0 Å². The summed E-state index contributed by atoms with van der Waals surface area (Å²) in [6, 6.07) is 6.50. The Bertz CT molecular complexity index is 1240. The van der Waals surface area contributed by atoms with E-state index in [1.54, 1.807) is 16.2 Å². The van der Waals surface area contributed by atoms with Gasteiger partial charge in [0.15, 0.2) is 0 Å². The van der Waals surface area contributed by atoms with Gasteiger partial charge in [0.25, 0.3) is 0 Å². The molecule has 0 aliphatic carbocycles. The minimum absolute atomic E-state index is 0.0560. The molecule has 10 nitrogen and oxygen atoms in total. The molecule has 0 radical (unpaired) electrons. The molecule has 2 aliphatic rings. The first kappa shape index (κ1) is 32.1. The summed E-state index contributed by atoms with van der Waals surface area (Å²) in [4.78, 5) is 47.4. The summed E-state index contributed by atoms with van der Waals surface area (Å²) in [6.07, 6.45) is 1.16. The first-order valence-corrected chi connectivity index (χ1v) is 15.7. The number of thiazole rings is 1. The number of carboxylic acid groups (broad SMARTS) is 1. The van der Waals surface area contributed by atoms with Crippen LogP contribution in [0.25, 0.3) is 10.4 Å². The molecule has 0 bridgehead atoms. The Morgan fingerprint density at radius 3 is 2.38 bits per heavy atom. The van der Waals surface area contributed by atoms with E-state index >= 15 is 0 Å². The standard InChI is InChI=1S/C31H45N5O5S/c1-19(22-6-8-23(9-7-22)27-20(2)33-18-42-27)34-29(40)25-14-24(37)16-36(25)30(41)28(31(3,4)5)32-15-21-10-12-35(13-11-21)17-26(38)39/h6-9,18-19,21,24-25,28,32,37H,10-17H2,1-5H3,(H,34,40)(H,38,39)/t19-,24+,25-,28+/m0/s1. The highest BCUT2D eigenvalue weighted by molar-refractivity contribution is 7.13. The minimum atomic E-state index is -0.814. The highest BCUT2D eigenvalue weighted by atomic mass is 32.1. The first-order chi connectivity index (χ1) is 19.8. The number of benzene rings is 1. The summed E-state index contributed by atoms with van der Waals surface area (Å²) >= 11 is 1.60. The van der Waals surface area contributed by atoms with Crippen molar-refractivity contribution in [3.05, 3.63) is 41.0 Å². The zero-order valence-electron chi connectivity index (χ0n) is 25.3. The Labute approximate surface area is 252 Å². The molecule has 4 rings (SSSR count). The third-order valence-electron chi connectivity index (χ3n) is 8.43. The summed E-state index contributed by atoms with van der Waals surface area (Å²) in [5.41, 5.74) is 4.44. The number of aromatic nitrogens is 1. The average Bonchev–Trinajstić information content (AvgIpc) is 3.54. The van der Waals surface area contributed by atoms with Crippen molar-refractivity contribution in [2.24, 2.45) is 11.3 Å². The van der Waals surface area contributed by atoms with Gasteiger partial charge in [-0.1, -0.05) is 45.0 Å². The van der Waals surface area contributed by atoms with E-state index in [1.807, 2.05) is 69.3 Å². The molecule has 4 atom stereocenters. The lowest BCUT2D eigenvalue weighted by Gasteiger charge is -2.37. The number of aryl methyl sites for hydroxylation is 1. The van der Waals surface area contributed by atoms with Crippen LogP contribution in [0.3, 0.4) is 0 Å². The van der Waals surface area contributed by atoms with E-state index in [1.165, 1.54) is 0 Å². The van der Waals surface area contributed by atoms with Crippen LogP contribution in [0, 0.1) is 18.3 Å². The van der Waals surface area contributed by atoms with E-state index in [9.17, 15) is 19.5 Å². The molecule has 0 unspecified atom stereocenters. The number of nitrogens with one attached hydrogen (secondary N) is 2. The Morgan fingerprint density at radius 2 is 1.81 bits per heavy atom. The van der Waals surface area contributed by atoms with Crippen molar-refractivity contribution in [3.63, 3.8) is 0 Å². The Balaban J connectivity index is 1.38. The second kappa shape index (κ2) is 13.6. The maximum Gasteiger partial charge on any atom is 0.317 e. The van der Waals surface area contributed by atoms with Gasteiger partial charge < -0.3 is 25.7 Å². The van der Waals surface area contributed by atoms with Gasteiger partial charge in [-0.05, 0) is 68.8 Å². The lowest BCUT2D eigenvalue weighted by Crippen LogP contribution is -2.57. The summed E-state index contributed by atoms with van der Waals surface area (Å²) in [5.74, 6) is -0.929. The molecule has 230 valence electrons. The molecule has 2 fully saturated rings. The van der Waals surface area contributed by atoms with Gasteiger partial charge in [0.2, 0.25) is 11.8 Å². The Kier molecular flexibility index (Phi) is 10.4. The van der Waals surface area contributed by atoms with E-state index in [-0.39, 0.29) is 37.4 Å². The van der Waals surface area contributed by atoms with E-state index in [0.29, 0.717) is 12.5 Å². The number of aliphatic carboxylic acids is 1. The lowest BCUT2D eigenvalue weighted by molar-refractivity contribution is -0.142. The molecule has 11 heteroatoms. The van der Waals surface area contributed by atoms with Crippen LogP contribution < -0.4 is 10.6 Å². The van der Waals surface area contributed by atoms with E-state index in [4.69, 9.17) is 5.11 Å². The molecule has 2 aromatic rings. The third kappa shape index (κ3) is 7.94. The number of nitrogens with zero attached hydrogens (tertiary/aromatic N) is 3. The SMILES string of the molecule is Cc1ncsc1-c1ccc([C@H](C)NC(=O)[C@@H]2C[C@@H](O)CN2C(=O)[C@@H](NCC2CCN(CC(=O)O)CC2)C(C)(C)C)cc1. The maximum atomic E-state index is 13.9. The number of piperidine rings is 1. The molecule has 4 N–H and O–H groups in total. The van der Waals surface area contributed by atoms with Crippen LogP contribution >= 0.6 is 11.3 Å². The fourth-order valence-electron chi connectivity index (χ4n) is 5.96. The van der Waals surface area contributed by atoms with Gasteiger partial charge in [0.1, 0.15) is 6.04 Å². The minimum Gasteiger partial charge on any atom is -0.480 e. The number of carbonyl (C=O) groups is 3. The van der Waals surface area contributed by atoms with Crippen molar-refractivity contribution in [3.8, 4) is 10.4 Å². The van der Waals surface area contributed by atoms with Gasteiger partial charge in [-0.25, -0.2) is 4.98 Å². The number of rotatable bonds is 10. The predicted molar refractivity (Wildman–Crippen MR) is 163 cm³/mol. The number of aliphatic hydroxyl groups excluding tert-OH is 1. The summed E-state index contributed by atoms with van der Waals surface area (Å²) in [5, 5.41) is 26.1. The highest BCUT2D eigenvalue weighted by Gasteiger charge is 2.44. The number of carbonyl (C=O) groups excluding carboxylic acids is 2. The van der Waals surface area contributed by atoms with Gasteiger partial charge in [0, 0.05) is 13.0 Å². The molecular formula is C31H45N5O5S. The van der Waals surface area contributed by atoms with Crippen LogP contribution in [0.4, 0.5) is 0 Å². The zero-order chi connectivity index (χ0) is 30.6. The van der Waals surface area contributed by atoms with Crippen molar-refractivity contribution in [2.45, 2.75) is 78.1 Å². The molecular weight excluding hydrogens is 554 g/mol. The van der Waals surface area contributed by atoms with Crippen LogP contribution in [-0.4, -0.2) is 93.7 Å². The molecule has 3 heterocycles. The zero-order valence-corrected chi connectivity index (χ0v) is 26.1. The fourth-order valence-corrected chi connectivity index (χ4v) is 6.77. The average molecular weight is 600 g/mol. The van der Waals surface area contributed by atoms with Crippen LogP contribution in [0.5, 0.6) is 0 Å². The molecule has 0 saturated carbocycles.